The molecular weight excluding hydrogens is 324 g/mol. The summed E-state index contributed by atoms with van der Waals surface area (Å²) in [4.78, 5) is 31.1. The summed E-state index contributed by atoms with van der Waals surface area (Å²) in [5.41, 5.74) is 0.582. The molecule has 9 nitrogen and oxygen atoms in total. The molecule has 1 saturated heterocycles. The van der Waals surface area contributed by atoms with E-state index in [9.17, 15) is 13.8 Å². The number of rotatable bonds is 4. The summed E-state index contributed by atoms with van der Waals surface area (Å²) in [7, 11) is 0. The number of amides is 2. The third-order valence-corrected chi connectivity index (χ3v) is 3.69. The lowest BCUT2D eigenvalue weighted by Gasteiger charge is -2.33. The van der Waals surface area contributed by atoms with Crippen molar-refractivity contribution in [3.05, 3.63) is 24.0 Å². The molecule has 1 fully saturated rings. The van der Waals surface area contributed by atoms with Crippen molar-refractivity contribution >= 4 is 29.0 Å². The first-order valence-corrected chi connectivity index (χ1v) is 8.16. The van der Waals surface area contributed by atoms with Crippen molar-refractivity contribution < 1.29 is 23.1 Å². The number of carbonyl (C=O) groups is 2. The van der Waals surface area contributed by atoms with Gasteiger partial charge in [0.1, 0.15) is 5.69 Å². The summed E-state index contributed by atoms with van der Waals surface area (Å²) in [6, 6.07) is 2.98. The highest BCUT2D eigenvalue weighted by molar-refractivity contribution is 7.80. The Balaban J connectivity index is 1.92. The lowest BCUT2D eigenvalue weighted by atomic mass is 10.2. The van der Waals surface area contributed by atoms with Crippen LogP contribution in [0.4, 0.5) is 10.5 Å². The Labute approximate surface area is 136 Å². The van der Waals surface area contributed by atoms with Crippen molar-refractivity contribution in [1.29, 1.82) is 0 Å². The predicted molar refractivity (Wildman–Crippen MR) is 83.1 cm³/mol. The van der Waals surface area contributed by atoms with E-state index in [1.54, 1.807) is 16.7 Å². The zero-order valence-corrected chi connectivity index (χ0v) is 13.4. The van der Waals surface area contributed by atoms with Crippen molar-refractivity contribution in [2.45, 2.75) is 6.92 Å². The summed E-state index contributed by atoms with van der Waals surface area (Å²) in [5.74, 6) is -0.245. The average Bonchev–Trinajstić information content (AvgIpc) is 2.55. The summed E-state index contributed by atoms with van der Waals surface area (Å²) in [5, 5.41) is 0. The quantitative estimate of drug-likeness (QED) is 0.773. The van der Waals surface area contributed by atoms with Crippen LogP contribution in [-0.2, 0) is 16.0 Å². The third kappa shape index (κ3) is 4.63. The minimum absolute atomic E-state index is 0.240. The second-order valence-corrected chi connectivity index (χ2v) is 5.46. The molecular formula is C13H18N4O5S. The zero-order valence-electron chi connectivity index (χ0n) is 12.6. The van der Waals surface area contributed by atoms with E-state index in [2.05, 4.69) is 9.71 Å². The predicted octanol–water partition coefficient (Wildman–Crippen LogP) is 0.544. The molecule has 1 aliphatic rings. The minimum Gasteiger partial charge on any atom is -0.450 e. The highest BCUT2D eigenvalue weighted by atomic mass is 32.2. The molecule has 2 N–H and O–H groups in total. The molecule has 1 aliphatic heterocycles. The Morgan fingerprint density at radius 2 is 1.96 bits per heavy atom. The van der Waals surface area contributed by atoms with Crippen molar-refractivity contribution in [1.82, 2.24) is 14.8 Å². The smallest absolute Gasteiger partial charge is 0.409 e. The Kier molecular flexibility index (Phi) is 5.88. The molecule has 0 radical (unpaired) electrons. The molecule has 23 heavy (non-hydrogen) atoms. The van der Waals surface area contributed by atoms with E-state index < -0.39 is 11.3 Å². The number of nitrogens with one attached hydrogen (secondary N) is 1. The van der Waals surface area contributed by atoms with Crippen LogP contribution in [0.5, 0.6) is 0 Å². The molecule has 1 aromatic rings. The van der Waals surface area contributed by atoms with Gasteiger partial charge in [0, 0.05) is 26.2 Å². The number of piperazine rings is 1. The minimum atomic E-state index is -2.18. The van der Waals surface area contributed by atoms with Crippen molar-refractivity contribution in [3.8, 4) is 0 Å². The fourth-order valence-corrected chi connectivity index (χ4v) is 2.47. The number of hydrogen-bond acceptors (Lipinski definition) is 5. The molecule has 0 aromatic carbocycles. The van der Waals surface area contributed by atoms with E-state index in [0.29, 0.717) is 38.5 Å². The number of carbonyl (C=O) groups excluding carboxylic acids is 2. The van der Waals surface area contributed by atoms with E-state index in [-0.39, 0.29) is 17.7 Å². The zero-order chi connectivity index (χ0) is 16.8. The van der Waals surface area contributed by atoms with Crippen LogP contribution in [-0.4, -0.2) is 68.3 Å². The first-order chi connectivity index (χ1) is 11.0. The maximum absolute atomic E-state index is 12.3. The van der Waals surface area contributed by atoms with Gasteiger partial charge < -0.3 is 14.5 Å². The molecule has 1 unspecified atom stereocenters. The van der Waals surface area contributed by atoms with Gasteiger partial charge in [-0.05, 0) is 19.1 Å². The van der Waals surface area contributed by atoms with E-state index in [1.165, 1.54) is 18.3 Å². The van der Waals surface area contributed by atoms with Gasteiger partial charge in [-0.3, -0.25) is 14.1 Å². The average molecular weight is 342 g/mol. The number of aromatic nitrogens is 1. The van der Waals surface area contributed by atoms with Crippen LogP contribution in [0.25, 0.3) is 0 Å². The molecule has 0 spiro atoms. The van der Waals surface area contributed by atoms with Gasteiger partial charge in [0.15, 0.2) is 0 Å². The highest BCUT2D eigenvalue weighted by Crippen LogP contribution is 2.11. The largest absolute Gasteiger partial charge is 0.450 e. The van der Waals surface area contributed by atoms with Crippen LogP contribution in [0.1, 0.15) is 17.4 Å². The molecule has 126 valence electrons. The molecule has 10 heteroatoms. The monoisotopic (exact) mass is 342 g/mol. The van der Waals surface area contributed by atoms with Gasteiger partial charge in [-0.2, -0.15) is 0 Å². The van der Waals surface area contributed by atoms with Gasteiger partial charge in [0.2, 0.25) is 0 Å². The van der Waals surface area contributed by atoms with Gasteiger partial charge in [-0.1, -0.05) is 0 Å². The lowest BCUT2D eigenvalue weighted by Crippen LogP contribution is -2.50. The standard InChI is InChI=1S/C13H18N4O5S/c1-2-22-13(19)17-7-5-16(6-8-17)12(18)11-4-3-10(9-14-11)15-23(20)21/h3-4,9,15H,2,5-8H2,1H3,(H,20,21). The maximum Gasteiger partial charge on any atom is 0.409 e. The molecule has 2 rings (SSSR count). The Morgan fingerprint density at radius 1 is 1.30 bits per heavy atom. The topological polar surface area (TPSA) is 112 Å². The Hall–Kier alpha value is -2.20. The normalized spacial score (nSPS) is 15.9. The molecule has 2 amide bonds. The van der Waals surface area contributed by atoms with E-state index in [0.717, 1.165) is 0 Å². The molecule has 1 atom stereocenters. The maximum atomic E-state index is 12.3. The summed E-state index contributed by atoms with van der Waals surface area (Å²) >= 11 is -2.18. The van der Waals surface area contributed by atoms with Crippen LogP contribution >= 0.6 is 0 Å². The van der Waals surface area contributed by atoms with Crippen molar-refractivity contribution in [2.75, 3.05) is 37.5 Å². The molecule has 0 saturated carbocycles. The first-order valence-electron chi connectivity index (χ1n) is 7.05. The van der Waals surface area contributed by atoms with Crippen LogP contribution in [0.3, 0.4) is 0 Å². The van der Waals surface area contributed by atoms with Crippen LogP contribution in [0, 0.1) is 0 Å². The second kappa shape index (κ2) is 7.88. The molecule has 0 aliphatic carbocycles. The SMILES string of the molecule is CCOC(=O)N1CCN(C(=O)c2ccc(NS(=O)O)cn2)CC1. The van der Waals surface area contributed by atoms with E-state index in [4.69, 9.17) is 9.29 Å². The number of pyridine rings is 1. The van der Waals surface area contributed by atoms with Gasteiger partial charge in [-0.15, -0.1) is 0 Å². The number of hydrogen-bond donors (Lipinski definition) is 2. The van der Waals surface area contributed by atoms with Gasteiger partial charge in [0.05, 0.1) is 18.5 Å². The second-order valence-electron chi connectivity index (χ2n) is 4.76. The number of nitrogens with zero attached hydrogens (tertiary/aromatic N) is 3. The number of anilines is 1. The highest BCUT2D eigenvalue weighted by Gasteiger charge is 2.25. The molecule has 0 bridgehead atoms. The number of ether oxygens (including phenoxy) is 1. The molecule has 1 aromatic heterocycles. The fourth-order valence-electron chi connectivity index (χ4n) is 2.15. The third-order valence-electron chi connectivity index (χ3n) is 3.28. The fraction of sp³-hybridized carbons (Fsp3) is 0.462. The summed E-state index contributed by atoms with van der Waals surface area (Å²) in [6.45, 7) is 3.69. The van der Waals surface area contributed by atoms with Crippen LogP contribution < -0.4 is 4.72 Å². The van der Waals surface area contributed by atoms with Crippen molar-refractivity contribution in [2.24, 2.45) is 0 Å². The first kappa shape index (κ1) is 17.2. The van der Waals surface area contributed by atoms with Gasteiger partial charge in [-0.25, -0.2) is 14.0 Å². The van der Waals surface area contributed by atoms with Gasteiger partial charge in [0.25, 0.3) is 17.2 Å². The van der Waals surface area contributed by atoms with Gasteiger partial charge >= 0.3 is 6.09 Å². The van der Waals surface area contributed by atoms with E-state index in [1.807, 2.05) is 0 Å². The van der Waals surface area contributed by atoms with Crippen molar-refractivity contribution in [3.63, 3.8) is 0 Å². The Morgan fingerprint density at radius 3 is 2.48 bits per heavy atom. The lowest BCUT2D eigenvalue weighted by molar-refractivity contribution is 0.0566. The molecule has 2 heterocycles. The Bertz CT molecular complexity index is 587. The van der Waals surface area contributed by atoms with Crippen LogP contribution in [0.2, 0.25) is 0 Å². The summed E-state index contributed by atoms with van der Waals surface area (Å²) in [6.07, 6.45) is 0.945. The van der Waals surface area contributed by atoms with E-state index >= 15 is 0 Å². The van der Waals surface area contributed by atoms with Crippen LogP contribution in [0.15, 0.2) is 18.3 Å². The summed E-state index contributed by atoms with van der Waals surface area (Å²) < 4.78 is 26.5.